The van der Waals surface area contributed by atoms with Crippen molar-refractivity contribution >= 4 is 11.8 Å². The topological polar surface area (TPSA) is 102 Å². The van der Waals surface area contributed by atoms with Crippen molar-refractivity contribution in [1.82, 2.24) is 9.88 Å². The van der Waals surface area contributed by atoms with Crippen LogP contribution in [0.15, 0.2) is 24.5 Å². The highest BCUT2D eigenvalue weighted by Gasteiger charge is 2.35. The van der Waals surface area contributed by atoms with E-state index in [1.54, 1.807) is 17.3 Å². The molecular formula is C13H18N4O2. The van der Waals surface area contributed by atoms with Crippen molar-refractivity contribution in [1.29, 1.82) is 0 Å². The van der Waals surface area contributed by atoms with Gasteiger partial charge in [0, 0.05) is 25.0 Å². The van der Waals surface area contributed by atoms with Gasteiger partial charge in [0.25, 0.3) is 0 Å². The van der Waals surface area contributed by atoms with Gasteiger partial charge in [-0.3, -0.25) is 14.6 Å². The first-order valence-corrected chi connectivity index (χ1v) is 6.31. The first kappa shape index (κ1) is 13.5. The van der Waals surface area contributed by atoms with Gasteiger partial charge in [-0.15, -0.1) is 0 Å². The first-order valence-electron chi connectivity index (χ1n) is 6.31. The molecule has 0 radical (unpaired) electrons. The van der Waals surface area contributed by atoms with Crippen molar-refractivity contribution in [2.45, 2.75) is 37.9 Å². The van der Waals surface area contributed by atoms with E-state index in [-0.39, 0.29) is 18.4 Å². The van der Waals surface area contributed by atoms with E-state index in [1.165, 1.54) is 0 Å². The Morgan fingerprint density at radius 3 is 2.74 bits per heavy atom. The lowest BCUT2D eigenvalue weighted by atomic mass is 10.1. The Bertz CT molecular complexity index is 459. The smallest absolute Gasteiger partial charge is 0.240 e. The number of aromatic nitrogens is 1. The summed E-state index contributed by atoms with van der Waals surface area (Å²) in [5, 5.41) is 0. The number of pyridine rings is 1. The van der Waals surface area contributed by atoms with Crippen LogP contribution >= 0.6 is 0 Å². The van der Waals surface area contributed by atoms with Crippen LogP contribution in [0.2, 0.25) is 0 Å². The van der Waals surface area contributed by atoms with Crippen LogP contribution in [0, 0.1) is 0 Å². The summed E-state index contributed by atoms with van der Waals surface area (Å²) in [6.07, 6.45) is 5.26. The second-order valence-corrected chi connectivity index (χ2v) is 4.84. The zero-order valence-electron chi connectivity index (χ0n) is 10.7. The number of nitrogens with zero attached hydrogens (tertiary/aromatic N) is 2. The molecule has 19 heavy (non-hydrogen) atoms. The third kappa shape index (κ3) is 3.75. The van der Waals surface area contributed by atoms with Crippen molar-refractivity contribution in [3.8, 4) is 0 Å². The lowest BCUT2D eigenvalue weighted by Gasteiger charge is -2.25. The fourth-order valence-electron chi connectivity index (χ4n) is 1.98. The summed E-state index contributed by atoms with van der Waals surface area (Å²) in [7, 11) is 0. The molecule has 1 fully saturated rings. The maximum Gasteiger partial charge on any atom is 0.240 e. The van der Waals surface area contributed by atoms with Gasteiger partial charge in [0.15, 0.2) is 0 Å². The van der Waals surface area contributed by atoms with Crippen LogP contribution in [0.3, 0.4) is 0 Å². The van der Waals surface area contributed by atoms with Crippen molar-refractivity contribution < 1.29 is 9.59 Å². The molecule has 6 heteroatoms. The highest BCUT2D eigenvalue weighted by Crippen LogP contribution is 2.28. The van der Waals surface area contributed by atoms with E-state index < -0.39 is 11.9 Å². The summed E-state index contributed by atoms with van der Waals surface area (Å²) >= 11 is 0. The summed E-state index contributed by atoms with van der Waals surface area (Å²) in [5.74, 6) is -0.775. The summed E-state index contributed by atoms with van der Waals surface area (Å²) in [5.41, 5.74) is 11.8. The highest BCUT2D eigenvalue weighted by atomic mass is 16.2. The number of rotatable bonds is 6. The maximum atomic E-state index is 12.2. The summed E-state index contributed by atoms with van der Waals surface area (Å²) in [4.78, 5) is 28.8. The Morgan fingerprint density at radius 1 is 1.47 bits per heavy atom. The molecule has 1 unspecified atom stereocenters. The van der Waals surface area contributed by atoms with Crippen LogP contribution < -0.4 is 11.5 Å². The highest BCUT2D eigenvalue weighted by molar-refractivity contribution is 5.87. The molecule has 102 valence electrons. The number of primary amides is 1. The van der Waals surface area contributed by atoms with E-state index >= 15 is 0 Å². The SMILES string of the molecule is NC(=O)CC(N)C(=O)N(Cc1cccnc1)C1CC1. The van der Waals surface area contributed by atoms with E-state index in [2.05, 4.69) is 4.98 Å². The zero-order valence-corrected chi connectivity index (χ0v) is 10.7. The molecule has 1 aromatic heterocycles. The van der Waals surface area contributed by atoms with Crippen LogP contribution in [0.25, 0.3) is 0 Å². The van der Waals surface area contributed by atoms with Gasteiger partial charge in [-0.2, -0.15) is 0 Å². The largest absolute Gasteiger partial charge is 0.370 e. The Labute approximate surface area is 111 Å². The molecular weight excluding hydrogens is 244 g/mol. The molecule has 1 aliphatic rings. The zero-order chi connectivity index (χ0) is 13.8. The van der Waals surface area contributed by atoms with E-state index in [9.17, 15) is 9.59 Å². The van der Waals surface area contributed by atoms with Gasteiger partial charge >= 0.3 is 0 Å². The van der Waals surface area contributed by atoms with E-state index in [0.29, 0.717) is 6.54 Å². The average Bonchev–Trinajstić information content (AvgIpc) is 3.20. The Kier molecular flexibility index (Phi) is 4.11. The van der Waals surface area contributed by atoms with Crippen LogP contribution in [-0.4, -0.2) is 33.8 Å². The Morgan fingerprint density at radius 2 is 2.21 bits per heavy atom. The molecule has 6 nitrogen and oxygen atoms in total. The third-order valence-corrected chi connectivity index (χ3v) is 3.08. The second-order valence-electron chi connectivity index (χ2n) is 4.84. The number of hydrogen-bond donors (Lipinski definition) is 2. The summed E-state index contributed by atoms with van der Waals surface area (Å²) in [6.45, 7) is 0.476. The summed E-state index contributed by atoms with van der Waals surface area (Å²) < 4.78 is 0. The van der Waals surface area contributed by atoms with Gasteiger partial charge in [-0.1, -0.05) is 6.07 Å². The number of carbonyl (C=O) groups excluding carboxylic acids is 2. The minimum absolute atomic E-state index is 0.116. The van der Waals surface area contributed by atoms with Gasteiger partial charge in [0.1, 0.15) is 0 Å². The molecule has 1 heterocycles. The molecule has 4 N–H and O–H groups in total. The fourth-order valence-corrected chi connectivity index (χ4v) is 1.98. The quantitative estimate of drug-likeness (QED) is 0.739. The van der Waals surface area contributed by atoms with E-state index in [4.69, 9.17) is 11.5 Å². The molecule has 0 aliphatic heterocycles. The predicted molar refractivity (Wildman–Crippen MR) is 69.6 cm³/mol. The van der Waals surface area contributed by atoms with Gasteiger partial charge in [-0.05, 0) is 24.5 Å². The van der Waals surface area contributed by atoms with Crippen LogP contribution in [0.1, 0.15) is 24.8 Å². The van der Waals surface area contributed by atoms with E-state index in [0.717, 1.165) is 18.4 Å². The third-order valence-electron chi connectivity index (χ3n) is 3.08. The van der Waals surface area contributed by atoms with Crippen LogP contribution in [0.4, 0.5) is 0 Å². The van der Waals surface area contributed by atoms with Crippen molar-refractivity contribution in [3.05, 3.63) is 30.1 Å². The average molecular weight is 262 g/mol. The second kappa shape index (κ2) is 5.79. The van der Waals surface area contributed by atoms with Gasteiger partial charge < -0.3 is 16.4 Å². The van der Waals surface area contributed by atoms with Crippen molar-refractivity contribution in [2.24, 2.45) is 11.5 Å². The standard InChI is InChI=1S/C13H18N4O2/c14-11(6-12(15)18)13(19)17(10-3-4-10)8-9-2-1-5-16-7-9/h1-2,5,7,10-11H,3-4,6,8,14H2,(H2,15,18). The summed E-state index contributed by atoms with van der Waals surface area (Å²) in [6, 6.07) is 3.12. The predicted octanol–water partition coefficient (Wildman–Crippen LogP) is -0.225. The number of nitrogens with two attached hydrogens (primary N) is 2. The van der Waals surface area contributed by atoms with Gasteiger partial charge in [0.2, 0.25) is 11.8 Å². The Hall–Kier alpha value is -1.95. The molecule has 1 aromatic rings. The normalized spacial score (nSPS) is 15.8. The lowest BCUT2D eigenvalue weighted by Crippen LogP contribution is -2.46. The fraction of sp³-hybridized carbons (Fsp3) is 0.462. The van der Waals surface area contributed by atoms with Gasteiger partial charge in [0.05, 0.1) is 12.5 Å². The van der Waals surface area contributed by atoms with Crippen LogP contribution in [-0.2, 0) is 16.1 Å². The van der Waals surface area contributed by atoms with Crippen molar-refractivity contribution in [2.75, 3.05) is 0 Å². The van der Waals surface area contributed by atoms with E-state index in [1.807, 2.05) is 12.1 Å². The monoisotopic (exact) mass is 262 g/mol. The molecule has 0 spiro atoms. The molecule has 2 amide bonds. The number of carbonyl (C=O) groups is 2. The lowest BCUT2D eigenvalue weighted by molar-refractivity contribution is -0.135. The minimum Gasteiger partial charge on any atom is -0.370 e. The molecule has 1 saturated carbocycles. The first-order chi connectivity index (χ1) is 9.08. The number of hydrogen-bond acceptors (Lipinski definition) is 4. The molecule has 1 atom stereocenters. The molecule has 1 aliphatic carbocycles. The van der Waals surface area contributed by atoms with Crippen LogP contribution in [0.5, 0.6) is 0 Å². The maximum absolute atomic E-state index is 12.2. The minimum atomic E-state index is -0.852. The Balaban J connectivity index is 2.03. The van der Waals surface area contributed by atoms with Crippen molar-refractivity contribution in [3.63, 3.8) is 0 Å². The van der Waals surface area contributed by atoms with Gasteiger partial charge in [-0.25, -0.2) is 0 Å². The number of amides is 2. The molecule has 0 saturated heterocycles. The molecule has 2 rings (SSSR count). The molecule has 0 bridgehead atoms. The molecule has 0 aromatic carbocycles.